The Morgan fingerprint density at radius 3 is 2.31 bits per heavy atom. The van der Waals surface area contributed by atoms with Crippen LogP contribution in [0.5, 0.6) is 0 Å². The van der Waals surface area contributed by atoms with Gasteiger partial charge in [0, 0.05) is 13.1 Å². The minimum absolute atomic E-state index is 0.0776. The number of rotatable bonds is 6. The lowest BCUT2D eigenvalue weighted by molar-refractivity contribution is 0.483. The zero-order valence-corrected chi connectivity index (χ0v) is 9.70. The van der Waals surface area contributed by atoms with Gasteiger partial charge in [0.2, 0.25) is 0 Å². The molecule has 0 saturated carbocycles. The first-order valence-corrected chi connectivity index (χ1v) is 6.45. The summed E-state index contributed by atoms with van der Waals surface area (Å²) in [5, 5.41) is 3.14. The van der Waals surface area contributed by atoms with Crippen LogP contribution in [0.3, 0.4) is 0 Å². The van der Waals surface area contributed by atoms with Crippen LogP contribution in [0.4, 0.5) is 0 Å². The van der Waals surface area contributed by atoms with Crippen LogP contribution in [0, 0.1) is 0 Å². The van der Waals surface area contributed by atoms with Crippen molar-refractivity contribution in [3.8, 4) is 0 Å². The predicted octanol–water partition coefficient (Wildman–Crippen LogP) is 0.0241. The summed E-state index contributed by atoms with van der Waals surface area (Å²) in [7, 11) is -4.08. The number of nitrogens with two attached hydrogens (primary N) is 1. The van der Waals surface area contributed by atoms with E-state index in [-0.39, 0.29) is 4.90 Å². The Bertz CT molecular complexity index is 414. The minimum Gasteiger partial charge on any atom is -0.329 e. The Balaban J connectivity index is 2.52. The molecule has 0 spiro atoms. The maximum atomic E-state index is 10.8. The van der Waals surface area contributed by atoms with Crippen molar-refractivity contribution in [1.29, 1.82) is 0 Å². The van der Waals surface area contributed by atoms with Crippen LogP contribution in [-0.4, -0.2) is 32.6 Å². The van der Waals surface area contributed by atoms with Gasteiger partial charge >= 0.3 is 0 Å². The molecule has 90 valence electrons. The smallest absolute Gasteiger partial charge is 0.294 e. The van der Waals surface area contributed by atoms with Gasteiger partial charge in [-0.2, -0.15) is 8.42 Å². The molecule has 0 radical (unpaired) electrons. The van der Waals surface area contributed by atoms with Crippen LogP contribution >= 0.6 is 0 Å². The van der Waals surface area contributed by atoms with Crippen molar-refractivity contribution in [2.75, 3.05) is 19.6 Å². The van der Waals surface area contributed by atoms with Crippen LogP contribution in [-0.2, 0) is 16.5 Å². The molecular weight excluding hydrogens is 228 g/mol. The van der Waals surface area contributed by atoms with E-state index in [1.807, 2.05) is 0 Å². The molecule has 1 aromatic rings. The van der Waals surface area contributed by atoms with E-state index in [1.54, 1.807) is 12.1 Å². The maximum absolute atomic E-state index is 10.8. The van der Waals surface area contributed by atoms with Crippen LogP contribution in [0.25, 0.3) is 0 Å². The summed E-state index contributed by atoms with van der Waals surface area (Å²) in [6, 6.07) is 6.17. The molecule has 0 fully saturated rings. The van der Waals surface area contributed by atoms with E-state index < -0.39 is 10.1 Å². The van der Waals surface area contributed by atoms with Crippen LogP contribution < -0.4 is 11.1 Å². The average Bonchev–Trinajstić information content (AvgIpc) is 2.24. The highest BCUT2D eigenvalue weighted by atomic mass is 32.2. The molecule has 0 atom stereocenters. The van der Waals surface area contributed by atoms with Gasteiger partial charge in [0.15, 0.2) is 0 Å². The van der Waals surface area contributed by atoms with E-state index in [1.165, 1.54) is 12.1 Å². The molecule has 5 nitrogen and oxygen atoms in total. The summed E-state index contributed by atoms with van der Waals surface area (Å²) in [5.41, 5.74) is 6.33. The molecule has 1 aromatic carbocycles. The summed E-state index contributed by atoms with van der Waals surface area (Å²) in [4.78, 5) is -0.0776. The van der Waals surface area contributed by atoms with E-state index in [4.69, 9.17) is 10.3 Å². The zero-order chi connectivity index (χ0) is 12.0. The lowest BCUT2D eigenvalue weighted by Gasteiger charge is -2.04. The molecule has 6 heteroatoms. The molecule has 1 rings (SSSR count). The molecular formula is C10H16N2O3S. The lowest BCUT2D eigenvalue weighted by Crippen LogP contribution is -2.24. The Morgan fingerprint density at radius 1 is 1.19 bits per heavy atom. The maximum Gasteiger partial charge on any atom is 0.294 e. The second kappa shape index (κ2) is 5.95. The normalized spacial score (nSPS) is 11.6. The highest BCUT2D eigenvalue weighted by molar-refractivity contribution is 7.85. The number of hydrogen-bond acceptors (Lipinski definition) is 4. The SMILES string of the molecule is NCCNCCc1ccc(S(=O)(=O)O)cc1. The fourth-order valence-electron chi connectivity index (χ4n) is 1.29. The Kier molecular flexibility index (Phi) is 4.88. The van der Waals surface area contributed by atoms with E-state index in [0.717, 1.165) is 25.1 Å². The minimum atomic E-state index is -4.08. The van der Waals surface area contributed by atoms with Gasteiger partial charge in [-0.25, -0.2) is 0 Å². The second-order valence-electron chi connectivity index (χ2n) is 3.41. The molecule has 0 aromatic heterocycles. The Hall–Kier alpha value is -0.950. The van der Waals surface area contributed by atoms with Crippen molar-refractivity contribution in [3.05, 3.63) is 29.8 Å². The summed E-state index contributed by atoms with van der Waals surface area (Å²) in [5.74, 6) is 0. The fourth-order valence-corrected chi connectivity index (χ4v) is 1.77. The van der Waals surface area contributed by atoms with Gasteiger partial charge in [0.05, 0.1) is 4.90 Å². The highest BCUT2D eigenvalue weighted by Gasteiger charge is 2.07. The summed E-state index contributed by atoms with van der Waals surface area (Å²) >= 11 is 0. The monoisotopic (exact) mass is 244 g/mol. The molecule has 0 amide bonds. The highest BCUT2D eigenvalue weighted by Crippen LogP contribution is 2.10. The van der Waals surface area contributed by atoms with E-state index in [9.17, 15) is 8.42 Å². The lowest BCUT2D eigenvalue weighted by atomic mass is 10.1. The fraction of sp³-hybridized carbons (Fsp3) is 0.400. The first-order valence-electron chi connectivity index (χ1n) is 5.01. The molecule has 16 heavy (non-hydrogen) atoms. The molecule has 0 bridgehead atoms. The van der Waals surface area contributed by atoms with Crippen molar-refractivity contribution in [2.45, 2.75) is 11.3 Å². The summed E-state index contributed by atoms with van der Waals surface area (Å²) in [6.45, 7) is 2.16. The standard InChI is InChI=1S/C10H16N2O3S/c11-6-8-12-7-5-9-1-3-10(4-2-9)16(13,14)15/h1-4,12H,5-8,11H2,(H,13,14,15). The Labute approximate surface area is 95.4 Å². The third-order valence-corrected chi connectivity index (χ3v) is 3.00. The molecule has 0 saturated heterocycles. The first-order chi connectivity index (χ1) is 7.54. The topological polar surface area (TPSA) is 92.4 Å². The quantitative estimate of drug-likeness (QED) is 0.485. The van der Waals surface area contributed by atoms with Gasteiger partial charge in [-0.15, -0.1) is 0 Å². The van der Waals surface area contributed by atoms with Crippen molar-refractivity contribution < 1.29 is 13.0 Å². The molecule has 0 heterocycles. The Morgan fingerprint density at radius 2 is 1.81 bits per heavy atom. The zero-order valence-electron chi connectivity index (χ0n) is 8.89. The number of hydrogen-bond donors (Lipinski definition) is 3. The third kappa shape index (κ3) is 4.28. The number of nitrogens with one attached hydrogen (secondary N) is 1. The largest absolute Gasteiger partial charge is 0.329 e. The van der Waals surface area contributed by atoms with Crippen LogP contribution in [0.15, 0.2) is 29.2 Å². The average molecular weight is 244 g/mol. The van der Waals surface area contributed by atoms with E-state index in [2.05, 4.69) is 5.32 Å². The van der Waals surface area contributed by atoms with Gasteiger partial charge in [-0.05, 0) is 30.7 Å². The second-order valence-corrected chi connectivity index (χ2v) is 4.83. The van der Waals surface area contributed by atoms with Crippen molar-refractivity contribution in [3.63, 3.8) is 0 Å². The van der Waals surface area contributed by atoms with Gasteiger partial charge in [-0.3, -0.25) is 4.55 Å². The molecule has 0 aliphatic rings. The van der Waals surface area contributed by atoms with Crippen molar-refractivity contribution in [1.82, 2.24) is 5.32 Å². The van der Waals surface area contributed by atoms with Gasteiger partial charge in [-0.1, -0.05) is 12.1 Å². The molecule has 0 unspecified atom stereocenters. The predicted molar refractivity (Wildman–Crippen MR) is 61.9 cm³/mol. The molecule has 4 N–H and O–H groups in total. The van der Waals surface area contributed by atoms with Gasteiger partial charge in [0.1, 0.15) is 0 Å². The summed E-state index contributed by atoms with van der Waals surface area (Å²) < 4.78 is 30.3. The third-order valence-electron chi connectivity index (χ3n) is 2.13. The molecule has 0 aliphatic carbocycles. The number of benzene rings is 1. The summed E-state index contributed by atoms with van der Waals surface area (Å²) in [6.07, 6.45) is 0.797. The van der Waals surface area contributed by atoms with Crippen LogP contribution in [0.2, 0.25) is 0 Å². The van der Waals surface area contributed by atoms with Gasteiger partial charge < -0.3 is 11.1 Å². The van der Waals surface area contributed by atoms with E-state index in [0.29, 0.717) is 6.54 Å². The van der Waals surface area contributed by atoms with Gasteiger partial charge in [0.25, 0.3) is 10.1 Å². The van der Waals surface area contributed by atoms with Crippen molar-refractivity contribution >= 4 is 10.1 Å². The van der Waals surface area contributed by atoms with Crippen molar-refractivity contribution in [2.24, 2.45) is 5.73 Å². The molecule has 0 aliphatic heterocycles. The first kappa shape index (κ1) is 13.1. The van der Waals surface area contributed by atoms with E-state index >= 15 is 0 Å². The van der Waals surface area contributed by atoms with Crippen LogP contribution in [0.1, 0.15) is 5.56 Å².